The van der Waals surface area contributed by atoms with Gasteiger partial charge in [-0.2, -0.15) is 0 Å². The number of carbonyl (C=O) groups excluding carboxylic acids is 4. The number of aliphatic carboxylic acids is 3. The lowest BCUT2D eigenvalue weighted by atomic mass is 10.1. The minimum Gasteiger partial charge on any atom is -0.480 e. The van der Waals surface area contributed by atoms with Crippen LogP contribution in [0.3, 0.4) is 0 Å². The molecule has 0 fully saturated rings. The van der Waals surface area contributed by atoms with Gasteiger partial charge in [0.1, 0.15) is 30.7 Å². The Kier molecular flexibility index (Phi) is 16.9. The molecule has 0 rings (SSSR count). The van der Waals surface area contributed by atoms with Gasteiger partial charge in [0.05, 0.1) is 0 Å². The number of carbonyl (C=O) groups is 8. The van der Waals surface area contributed by atoms with E-state index < -0.39 is 78.3 Å². The van der Waals surface area contributed by atoms with Crippen LogP contribution in [0.25, 0.3) is 0 Å². The summed E-state index contributed by atoms with van der Waals surface area (Å²) in [6.45, 7) is -0.747. The van der Waals surface area contributed by atoms with Gasteiger partial charge in [-0.05, 0) is 12.8 Å². The van der Waals surface area contributed by atoms with E-state index in [1.165, 1.54) is 0 Å². The zero-order valence-electron chi connectivity index (χ0n) is 21.2. The molecule has 226 valence electrons. The summed E-state index contributed by atoms with van der Waals surface area (Å²) in [5.74, 6) is -7.79. The van der Waals surface area contributed by atoms with Crippen LogP contribution in [0, 0.1) is 0 Å². The number of carboxylic acid groups (broad SMARTS) is 4. The molecule has 0 saturated carbocycles. The van der Waals surface area contributed by atoms with Gasteiger partial charge in [0.25, 0.3) is 5.91 Å². The summed E-state index contributed by atoms with van der Waals surface area (Å²) in [6, 6.07) is -5.30. The van der Waals surface area contributed by atoms with Crippen molar-refractivity contribution in [3.63, 3.8) is 0 Å². The molecule has 40 heavy (non-hydrogen) atoms. The summed E-state index contributed by atoms with van der Waals surface area (Å²) in [6.07, 6.45) is -2.79. The zero-order valence-corrected chi connectivity index (χ0v) is 22.9. The lowest BCUT2D eigenvalue weighted by Gasteiger charge is -2.22. The Morgan fingerprint density at radius 2 is 1.18 bits per heavy atom. The maximum atomic E-state index is 12.5. The van der Waals surface area contributed by atoms with Gasteiger partial charge in [0.15, 0.2) is 0 Å². The van der Waals surface area contributed by atoms with Gasteiger partial charge in [-0.1, -0.05) is 21.6 Å². The van der Waals surface area contributed by atoms with E-state index in [-0.39, 0.29) is 37.2 Å². The lowest BCUT2D eigenvalue weighted by molar-refractivity contribution is -0.140. The minimum atomic E-state index is -1.60. The highest BCUT2D eigenvalue weighted by Gasteiger charge is 2.29. The molecule has 0 heterocycles. The average Bonchev–Trinajstić information content (AvgIpc) is 2.88. The monoisotopic (exact) mass is 612 g/mol. The Hall–Kier alpha value is -3.62. The van der Waals surface area contributed by atoms with E-state index in [9.17, 15) is 38.4 Å². The first kappa shape index (κ1) is 36.4. The number of rotatable bonds is 19. The van der Waals surface area contributed by atoms with Gasteiger partial charge in [-0.3, -0.25) is 33.6 Å². The standard InChI is InChI=1S/C20H32N6O12S2/c1-26(20(37)38)17(32)12(25-14(28)5-3-10(22)19(35)36)8-40-39-7-11(16(31)23-6-15(29)30)24-13(27)4-2-9(21)18(33)34/h9-12H,2-8,21-22H2,1H3,(H,23,31)(H,24,27)(H,25,28)(H,29,30)(H,33,34)(H,35,36)(H,37,38)/t9-,10-,11-,12-/m0/s1. The quantitative estimate of drug-likeness (QED) is 0.0520. The summed E-state index contributed by atoms with van der Waals surface area (Å²) in [7, 11) is 2.78. The maximum Gasteiger partial charge on any atom is 0.413 e. The third-order valence-electron chi connectivity index (χ3n) is 4.87. The Labute approximate surface area is 235 Å². The van der Waals surface area contributed by atoms with Gasteiger partial charge in [0.2, 0.25) is 17.7 Å². The average molecular weight is 613 g/mol. The fourth-order valence-corrected chi connectivity index (χ4v) is 4.88. The van der Waals surface area contributed by atoms with E-state index in [0.29, 0.717) is 4.90 Å². The summed E-state index contributed by atoms with van der Waals surface area (Å²) in [5.41, 5.74) is 10.7. The molecule has 0 aromatic rings. The van der Waals surface area contributed by atoms with Crippen LogP contribution < -0.4 is 27.4 Å². The van der Waals surface area contributed by atoms with E-state index in [4.69, 9.17) is 31.9 Å². The predicted molar refractivity (Wildman–Crippen MR) is 140 cm³/mol. The molecular formula is C20H32N6O12S2. The molecular weight excluding hydrogens is 580 g/mol. The van der Waals surface area contributed by atoms with Crippen LogP contribution in [0.15, 0.2) is 0 Å². The number of hydrogen-bond acceptors (Lipinski definition) is 12. The number of likely N-dealkylation sites (N-methyl/N-ethyl adjacent to an activating group) is 1. The van der Waals surface area contributed by atoms with Crippen LogP contribution in [0.1, 0.15) is 25.7 Å². The molecule has 4 atom stereocenters. The van der Waals surface area contributed by atoms with Crippen LogP contribution >= 0.6 is 21.6 Å². The first-order chi connectivity index (χ1) is 18.6. The van der Waals surface area contributed by atoms with Crippen LogP contribution in [-0.4, -0.2) is 122 Å². The molecule has 0 aliphatic carbocycles. The summed E-state index contributed by atoms with van der Waals surface area (Å²) in [4.78, 5) is 93.3. The maximum absolute atomic E-state index is 12.5. The second-order valence-corrected chi connectivity index (χ2v) is 10.6. The molecule has 20 heteroatoms. The first-order valence-electron chi connectivity index (χ1n) is 11.4. The third-order valence-corrected chi connectivity index (χ3v) is 7.29. The molecule has 11 N–H and O–H groups in total. The van der Waals surface area contributed by atoms with Crippen molar-refractivity contribution in [1.29, 1.82) is 0 Å². The number of amides is 5. The van der Waals surface area contributed by atoms with Gasteiger partial charge in [0, 0.05) is 31.4 Å². The van der Waals surface area contributed by atoms with Gasteiger partial charge < -0.3 is 47.8 Å². The number of nitrogens with two attached hydrogens (primary N) is 2. The lowest BCUT2D eigenvalue weighted by Crippen LogP contribution is -2.50. The van der Waals surface area contributed by atoms with Crippen molar-refractivity contribution >= 4 is 69.2 Å². The molecule has 0 saturated heterocycles. The van der Waals surface area contributed by atoms with Crippen molar-refractivity contribution in [3.05, 3.63) is 0 Å². The molecule has 0 aliphatic heterocycles. The van der Waals surface area contributed by atoms with Crippen LogP contribution in [0.4, 0.5) is 4.79 Å². The second-order valence-electron chi connectivity index (χ2n) is 8.07. The van der Waals surface area contributed by atoms with Gasteiger partial charge >= 0.3 is 24.0 Å². The smallest absolute Gasteiger partial charge is 0.413 e. The summed E-state index contributed by atoms with van der Waals surface area (Å²) < 4.78 is 0. The van der Waals surface area contributed by atoms with Crippen molar-refractivity contribution in [2.75, 3.05) is 25.1 Å². The van der Waals surface area contributed by atoms with Crippen LogP contribution in [0.5, 0.6) is 0 Å². The second kappa shape index (κ2) is 18.6. The van der Waals surface area contributed by atoms with Gasteiger partial charge in [-0.25, -0.2) is 9.69 Å². The summed E-state index contributed by atoms with van der Waals surface area (Å²) >= 11 is 0. The molecule has 18 nitrogen and oxygen atoms in total. The molecule has 0 spiro atoms. The van der Waals surface area contributed by atoms with E-state index in [0.717, 1.165) is 28.6 Å². The molecule has 0 aromatic heterocycles. The fraction of sp³-hybridized carbons (Fsp3) is 0.600. The van der Waals surface area contributed by atoms with Crippen LogP contribution in [-0.2, 0) is 33.6 Å². The number of carboxylic acids is 3. The highest BCUT2D eigenvalue weighted by Crippen LogP contribution is 2.24. The number of nitrogens with one attached hydrogen (secondary N) is 3. The predicted octanol–water partition coefficient (Wildman–Crippen LogP) is -2.94. The van der Waals surface area contributed by atoms with E-state index in [2.05, 4.69) is 16.0 Å². The largest absolute Gasteiger partial charge is 0.480 e. The third kappa shape index (κ3) is 15.1. The highest BCUT2D eigenvalue weighted by molar-refractivity contribution is 8.76. The Morgan fingerprint density at radius 1 is 0.750 bits per heavy atom. The summed E-state index contributed by atoms with van der Waals surface area (Å²) in [5, 5.41) is 42.2. The van der Waals surface area contributed by atoms with E-state index in [1.54, 1.807) is 0 Å². The van der Waals surface area contributed by atoms with Crippen molar-refractivity contribution in [2.24, 2.45) is 11.5 Å². The Balaban J connectivity index is 5.27. The van der Waals surface area contributed by atoms with Crippen LogP contribution in [0.2, 0.25) is 0 Å². The molecule has 0 aliphatic rings. The molecule has 0 unspecified atom stereocenters. The van der Waals surface area contributed by atoms with Crippen molar-refractivity contribution < 1.29 is 58.8 Å². The minimum absolute atomic E-state index is 0.177. The molecule has 5 amide bonds. The van der Waals surface area contributed by atoms with Crippen molar-refractivity contribution in [3.8, 4) is 0 Å². The van der Waals surface area contributed by atoms with E-state index in [1.807, 2.05) is 0 Å². The highest BCUT2D eigenvalue weighted by atomic mass is 33.1. The van der Waals surface area contributed by atoms with E-state index >= 15 is 0 Å². The number of hydrogen-bond donors (Lipinski definition) is 9. The molecule has 0 bridgehead atoms. The van der Waals surface area contributed by atoms with Crippen molar-refractivity contribution in [2.45, 2.75) is 49.9 Å². The van der Waals surface area contributed by atoms with Gasteiger partial charge in [-0.15, -0.1) is 0 Å². The first-order valence-corrected chi connectivity index (χ1v) is 13.8. The molecule has 0 radical (unpaired) electrons. The number of nitrogens with zero attached hydrogens (tertiary/aromatic N) is 1. The molecule has 0 aromatic carbocycles. The normalized spacial score (nSPS) is 13.6. The Bertz CT molecular complexity index is 968. The zero-order chi connectivity index (χ0) is 31.0. The topological polar surface area (TPSA) is 309 Å². The fourth-order valence-electron chi connectivity index (χ4n) is 2.56. The van der Waals surface area contributed by atoms with Crippen molar-refractivity contribution in [1.82, 2.24) is 20.9 Å². The SMILES string of the molecule is CN(C(=O)O)C(=O)[C@H](CSSC[C@H](NC(=O)CC[C@H](N)C(=O)O)C(=O)NCC(=O)O)NC(=O)CC[C@H](N)C(=O)O. The Morgan fingerprint density at radius 3 is 1.57 bits per heavy atom. The number of imide groups is 1.